The first-order valence-electron chi connectivity index (χ1n) is 14.8. The molecule has 2 aromatic carbocycles. The van der Waals surface area contributed by atoms with Crippen molar-refractivity contribution < 1.29 is 19.1 Å². The third-order valence-electron chi connectivity index (χ3n) is 8.48. The predicted octanol–water partition coefficient (Wildman–Crippen LogP) is 5.12. The Morgan fingerprint density at radius 1 is 0.750 bits per heavy atom. The van der Waals surface area contributed by atoms with Gasteiger partial charge in [0.2, 0.25) is 0 Å². The monoisotopic (exact) mass is 588 g/mol. The maximum Gasteiger partial charge on any atom is 0.423 e. The average molecular weight is 589 g/mol. The summed E-state index contributed by atoms with van der Waals surface area (Å²) in [4.78, 5) is 38.1. The smallest absolute Gasteiger partial charge is 0.415 e. The molecule has 0 radical (unpaired) electrons. The molecule has 0 amide bonds. The first kappa shape index (κ1) is 28.9. The lowest BCUT2D eigenvalue weighted by Gasteiger charge is -2.24. The van der Waals surface area contributed by atoms with Crippen molar-refractivity contribution in [2.45, 2.75) is 26.7 Å². The van der Waals surface area contributed by atoms with Gasteiger partial charge in [-0.15, -0.1) is 0 Å². The van der Waals surface area contributed by atoms with E-state index < -0.39 is 11.9 Å². The topological polar surface area (TPSA) is 138 Å². The van der Waals surface area contributed by atoms with Gasteiger partial charge in [0.05, 0.1) is 56.5 Å². The van der Waals surface area contributed by atoms with Crippen LogP contribution in [0.15, 0.2) is 48.6 Å². The Hall–Kier alpha value is -5.16. The second-order valence-electron chi connectivity index (χ2n) is 10.9. The molecule has 2 aromatic heterocycles. The highest BCUT2D eigenvalue weighted by Gasteiger charge is 2.30. The van der Waals surface area contributed by atoms with Crippen LogP contribution in [0.3, 0.4) is 0 Å². The van der Waals surface area contributed by atoms with Crippen LogP contribution < -0.4 is 9.47 Å². The van der Waals surface area contributed by atoms with Gasteiger partial charge in [0.1, 0.15) is 0 Å². The maximum absolute atomic E-state index is 13.5. The summed E-state index contributed by atoms with van der Waals surface area (Å²) in [7, 11) is 0. The minimum Gasteiger partial charge on any atom is -0.415 e. The molecule has 44 heavy (non-hydrogen) atoms. The predicted molar refractivity (Wildman–Crippen MR) is 167 cm³/mol. The number of hydrogen-bond acceptors (Lipinski definition) is 8. The van der Waals surface area contributed by atoms with Gasteiger partial charge in [0.25, 0.3) is 0 Å². The van der Waals surface area contributed by atoms with Crippen molar-refractivity contribution in [1.82, 2.24) is 19.8 Å². The van der Waals surface area contributed by atoms with Crippen LogP contribution in [0.1, 0.15) is 49.2 Å². The fourth-order valence-electron chi connectivity index (χ4n) is 6.00. The molecule has 0 saturated heterocycles. The molecule has 0 saturated carbocycles. The Morgan fingerprint density at radius 2 is 1.18 bits per heavy atom. The van der Waals surface area contributed by atoms with Gasteiger partial charge in [-0.1, -0.05) is 38.1 Å². The van der Waals surface area contributed by atoms with E-state index in [0.717, 1.165) is 50.4 Å². The van der Waals surface area contributed by atoms with Gasteiger partial charge in [-0.25, -0.2) is 9.59 Å². The number of aromatic amines is 2. The molecular weight excluding hydrogens is 556 g/mol. The van der Waals surface area contributed by atoms with Crippen molar-refractivity contribution in [2.24, 2.45) is 0 Å². The fraction of sp³-hybridized carbons (Fsp3) is 0.294. The third kappa shape index (κ3) is 5.26. The highest BCUT2D eigenvalue weighted by Crippen LogP contribution is 2.40. The molecule has 10 nitrogen and oxygen atoms in total. The van der Waals surface area contributed by atoms with Gasteiger partial charge in [-0.05, 0) is 61.3 Å². The molecule has 2 aliphatic heterocycles. The summed E-state index contributed by atoms with van der Waals surface area (Å²) in [5.74, 6) is -2.20. The van der Waals surface area contributed by atoms with Crippen molar-refractivity contribution in [2.75, 3.05) is 39.3 Å². The van der Waals surface area contributed by atoms with Gasteiger partial charge in [-0.2, -0.15) is 10.5 Å². The molecule has 2 aliphatic rings. The molecule has 0 fully saturated rings. The van der Waals surface area contributed by atoms with E-state index in [1.807, 2.05) is 0 Å². The molecular formula is C34H32N6O4. The number of carbonyl (C=O) groups is 2. The number of carbonyl (C=O) groups excluding carboxylic acids is 2. The lowest BCUT2D eigenvalue weighted by atomic mass is 10.0. The van der Waals surface area contributed by atoms with E-state index in [2.05, 4.69) is 57.9 Å². The van der Waals surface area contributed by atoms with Crippen LogP contribution in [0.25, 0.3) is 33.0 Å². The molecule has 4 aromatic rings. The minimum absolute atomic E-state index is 0.127. The summed E-state index contributed by atoms with van der Waals surface area (Å²) in [6, 6.07) is 14.7. The number of nitrogens with one attached hydrogen (secondary N) is 2. The van der Waals surface area contributed by atoms with E-state index >= 15 is 0 Å². The fourth-order valence-corrected chi connectivity index (χ4v) is 6.00. The number of rotatable bonds is 6. The number of ether oxygens (including phenoxy) is 2. The number of fused-ring (bicyclic) bond motifs is 2. The molecule has 0 spiro atoms. The Kier molecular flexibility index (Phi) is 8.03. The molecule has 2 N–H and O–H groups in total. The van der Waals surface area contributed by atoms with E-state index in [1.165, 1.54) is 0 Å². The maximum atomic E-state index is 13.5. The molecule has 0 bridgehead atoms. The first-order chi connectivity index (χ1) is 21.4. The first-order valence-corrected chi connectivity index (χ1v) is 14.8. The normalized spacial score (nSPS) is 15.8. The van der Waals surface area contributed by atoms with E-state index in [-0.39, 0.29) is 11.5 Å². The Bertz CT molecular complexity index is 1790. The summed E-state index contributed by atoms with van der Waals surface area (Å²) in [6.07, 6.45) is 5.55. The zero-order valence-electron chi connectivity index (χ0n) is 24.7. The number of esters is 2. The van der Waals surface area contributed by atoms with Crippen LogP contribution in [0.4, 0.5) is 0 Å². The largest absolute Gasteiger partial charge is 0.423 e. The zero-order valence-corrected chi connectivity index (χ0v) is 24.7. The van der Waals surface area contributed by atoms with Crippen LogP contribution in [-0.4, -0.2) is 71.0 Å². The lowest BCUT2D eigenvalue weighted by molar-refractivity contribution is -0.156. The number of benzene rings is 2. The van der Waals surface area contributed by atoms with Gasteiger partial charge >= 0.3 is 11.9 Å². The summed E-state index contributed by atoms with van der Waals surface area (Å²) < 4.78 is 11.6. The van der Waals surface area contributed by atoms with Crippen molar-refractivity contribution >= 4 is 44.9 Å². The summed E-state index contributed by atoms with van der Waals surface area (Å²) >= 11 is 0. The number of nitriles is 2. The highest BCUT2D eigenvalue weighted by atomic mass is 16.6. The summed E-state index contributed by atoms with van der Waals surface area (Å²) in [5, 5.41) is 20.5. The van der Waals surface area contributed by atoms with E-state index in [9.17, 15) is 20.1 Å². The van der Waals surface area contributed by atoms with Crippen LogP contribution in [-0.2, 0) is 9.59 Å². The molecule has 4 heterocycles. The molecule has 10 heteroatoms. The number of hydrogen-bond donors (Lipinski definition) is 2. The van der Waals surface area contributed by atoms with Gasteiger partial charge in [0, 0.05) is 26.2 Å². The van der Waals surface area contributed by atoms with E-state index in [0.29, 0.717) is 57.2 Å². The van der Waals surface area contributed by atoms with Crippen molar-refractivity contribution in [3.8, 4) is 23.6 Å². The van der Waals surface area contributed by atoms with Crippen LogP contribution in [0.2, 0.25) is 0 Å². The third-order valence-corrected chi connectivity index (χ3v) is 8.48. The molecule has 0 unspecified atom stereocenters. The Labute approximate surface area is 254 Å². The molecule has 0 atom stereocenters. The standard InChI is InChI=1S/C34H32N6O4/c1-3-39-15-11-21(12-16-39)29-31(27-23(19-35)7-5-9-25(27)37-29)43-33(41)34(42)44-32-28-24(20-36)8-6-10-26(28)38-30(32)22-13-17-40(4-2)18-14-22/h5-11,13,37-38H,3-4,12,14-18H2,1-2H3. The number of nitrogens with zero attached hydrogens (tertiary/aromatic N) is 4. The van der Waals surface area contributed by atoms with E-state index in [1.54, 1.807) is 36.4 Å². The summed E-state index contributed by atoms with van der Waals surface area (Å²) in [6.45, 7) is 9.16. The molecule has 6 rings (SSSR count). The Morgan fingerprint density at radius 3 is 1.52 bits per heavy atom. The van der Waals surface area contributed by atoms with E-state index in [4.69, 9.17) is 9.47 Å². The quantitative estimate of drug-likeness (QED) is 0.234. The second kappa shape index (κ2) is 12.2. The highest BCUT2D eigenvalue weighted by molar-refractivity contribution is 6.31. The molecule has 222 valence electrons. The zero-order chi connectivity index (χ0) is 30.8. The number of aromatic nitrogens is 2. The van der Waals surface area contributed by atoms with Crippen molar-refractivity contribution in [3.05, 3.63) is 71.1 Å². The molecule has 0 aliphatic carbocycles. The Balaban J connectivity index is 1.37. The van der Waals surface area contributed by atoms with Gasteiger partial charge in [-0.3, -0.25) is 9.80 Å². The second-order valence-corrected chi connectivity index (χ2v) is 10.9. The van der Waals surface area contributed by atoms with Crippen molar-refractivity contribution in [3.63, 3.8) is 0 Å². The SMILES string of the molecule is CCN1CC=C(c2[nH]c3cccc(C#N)c3c2OC(=O)C(=O)Oc2c(C3=CCN(CC)CC3)[nH]c3cccc(C#N)c23)CC1. The lowest BCUT2D eigenvalue weighted by Crippen LogP contribution is -2.29. The van der Waals surface area contributed by atoms with Gasteiger partial charge < -0.3 is 19.4 Å². The van der Waals surface area contributed by atoms with Crippen LogP contribution in [0.5, 0.6) is 11.5 Å². The van der Waals surface area contributed by atoms with Gasteiger partial charge in [0.15, 0.2) is 11.5 Å². The van der Waals surface area contributed by atoms with Crippen molar-refractivity contribution in [1.29, 1.82) is 10.5 Å². The number of likely N-dealkylation sites (N-methyl/N-ethyl adjacent to an activating group) is 2. The van der Waals surface area contributed by atoms with Crippen LogP contribution in [0, 0.1) is 22.7 Å². The van der Waals surface area contributed by atoms with Crippen LogP contribution >= 0.6 is 0 Å². The number of H-pyrrole nitrogens is 2. The minimum atomic E-state index is -1.23. The average Bonchev–Trinajstić information content (AvgIpc) is 3.63. The summed E-state index contributed by atoms with van der Waals surface area (Å²) in [5.41, 5.74) is 4.88.